The number of fused-ring (bicyclic) bond motifs is 1. The molecule has 0 aliphatic carbocycles. The van der Waals surface area contributed by atoms with E-state index in [9.17, 15) is 14.9 Å². The van der Waals surface area contributed by atoms with Crippen molar-refractivity contribution in [2.45, 2.75) is 0 Å². The summed E-state index contributed by atoms with van der Waals surface area (Å²) in [5, 5.41) is 10.7. The first-order chi connectivity index (χ1) is 8.61. The van der Waals surface area contributed by atoms with E-state index in [1.165, 1.54) is 0 Å². The molecule has 0 atom stereocenters. The van der Waals surface area contributed by atoms with Crippen LogP contribution in [0.25, 0.3) is 6.08 Å². The topological polar surface area (TPSA) is 87.9 Å². The molecule has 0 amide bonds. The van der Waals surface area contributed by atoms with Crippen molar-refractivity contribution in [3.8, 4) is 11.5 Å². The molecule has 0 N–H and O–H groups in total. The van der Waals surface area contributed by atoms with Gasteiger partial charge in [-0.2, -0.15) is 0 Å². The van der Waals surface area contributed by atoms with Gasteiger partial charge in [-0.05, 0) is 17.7 Å². The van der Waals surface area contributed by atoms with E-state index in [1.54, 1.807) is 18.2 Å². The summed E-state index contributed by atoms with van der Waals surface area (Å²) in [6.45, 7) is 0.113. The smallest absolute Gasteiger partial charge is 0.409 e. The predicted molar refractivity (Wildman–Crippen MR) is 59.6 cm³/mol. The summed E-state index contributed by atoms with van der Waals surface area (Å²) in [5.41, 5.74) is -0.187. The Hall–Kier alpha value is -2.57. The van der Waals surface area contributed by atoms with Gasteiger partial charge >= 0.3 is 11.7 Å². The largest absolute Gasteiger partial charge is 0.461 e. The molecular weight excluding hydrogens is 242 g/mol. The summed E-state index contributed by atoms with van der Waals surface area (Å²) in [6.07, 6.45) is 1.12. The monoisotopic (exact) mass is 251 g/mol. The Balaban J connectivity index is 2.35. The molecule has 94 valence electrons. The number of hydrogen-bond donors (Lipinski definition) is 0. The lowest BCUT2D eigenvalue weighted by molar-refractivity contribution is -0.419. The van der Waals surface area contributed by atoms with Crippen LogP contribution in [0.5, 0.6) is 11.5 Å². The van der Waals surface area contributed by atoms with Crippen LogP contribution in [0.15, 0.2) is 23.9 Å². The first kappa shape index (κ1) is 11.9. The quantitative estimate of drug-likeness (QED) is 0.347. The van der Waals surface area contributed by atoms with Crippen LogP contribution in [0.4, 0.5) is 0 Å². The standard InChI is InChI=1S/C11H9NO6/c1-16-11(13)8(12(14)15)4-7-2-3-9-10(5-7)18-6-17-9/h2-5H,6H2,1H3/b8-4+. The number of methoxy groups -OCH3 is 1. The summed E-state index contributed by atoms with van der Waals surface area (Å²) >= 11 is 0. The van der Waals surface area contributed by atoms with Crippen LogP contribution in [0, 0.1) is 10.1 Å². The second kappa shape index (κ2) is 4.74. The van der Waals surface area contributed by atoms with Gasteiger partial charge in [-0.3, -0.25) is 10.1 Å². The average Bonchev–Trinajstić information content (AvgIpc) is 2.82. The maximum Gasteiger partial charge on any atom is 0.409 e. The maximum absolute atomic E-state index is 11.2. The minimum atomic E-state index is -1.00. The van der Waals surface area contributed by atoms with Gasteiger partial charge in [0.1, 0.15) is 0 Å². The summed E-state index contributed by atoms with van der Waals surface area (Å²) in [6, 6.07) is 4.75. The van der Waals surface area contributed by atoms with Crippen molar-refractivity contribution in [1.29, 1.82) is 0 Å². The number of carbonyl (C=O) groups is 1. The zero-order valence-corrected chi connectivity index (χ0v) is 9.41. The van der Waals surface area contributed by atoms with Gasteiger partial charge < -0.3 is 14.2 Å². The fraction of sp³-hybridized carbons (Fsp3) is 0.182. The summed E-state index contributed by atoms with van der Waals surface area (Å²) in [5.74, 6) is 0.0434. The molecule has 0 bridgehead atoms. The first-order valence-corrected chi connectivity index (χ1v) is 4.96. The zero-order chi connectivity index (χ0) is 13.1. The molecule has 0 saturated carbocycles. The number of hydrogen-bond acceptors (Lipinski definition) is 6. The lowest BCUT2D eigenvalue weighted by atomic mass is 10.1. The van der Waals surface area contributed by atoms with Gasteiger partial charge in [0.15, 0.2) is 11.5 Å². The van der Waals surface area contributed by atoms with Crippen LogP contribution in [0.2, 0.25) is 0 Å². The Bertz CT molecular complexity index is 536. The minimum absolute atomic E-state index is 0.113. The third kappa shape index (κ3) is 2.24. The summed E-state index contributed by atoms with van der Waals surface area (Å²) < 4.78 is 14.6. The van der Waals surface area contributed by atoms with E-state index in [1.807, 2.05) is 0 Å². The van der Waals surface area contributed by atoms with Crippen LogP contribution in [-0.4, -0.2) is 24.8 Å². The normalized spacial score (nSPS) is 13.3. The van der Waals surface area contributed by atoms with E-state index in [4.69, 9.17) is 9.47 Å². The van der Waals surface area contributed by atoms with E-state index in [2.05, 4.69) is 4.74 Å². The zero-order valence-electron chi connectivity index (χ0n) is 9.41. The first-order valence-electron chi connectivity index (χ1n) is 4.96. The highest BCUT2D eigenvalue weighted by atomic mass is 16.7. The molecule has 1 aliphatic rings. The van der Waals surface area contributed by atoms with Gasteiger partial charge in [-0.25, -0.2) is 4.79 Å². The lowest BCUT2D eigenvalue weighted by Gasteiger charge is -1.99. The van der Waals surface area contributed by atoms with Crippen molar-refractivity contribution in [3.05, 3.63) is 39.6 Å². The molecule has 2 rings (SSSR count). The highest BCUT2D eigenvalue weighted by Crippen LogP contribution is 2.33. The van der Waals surface area contributed by atoms with Crippen LogP contribution < -0.4 is 9.47 Å². The van der Waals surface area contributed by atoms with Crippen molar-refractivity contribution >= 4 is 12.0 Å². The van der Waals surface area contributed by atoms with E-state index in [0.717, 1.165) is 13.2 Å². The number of nitrogens with zero attached hydrogens (tertiary/aromatic N) is 1. The van der Waals surface area contributed by atoms with Gasteiger partial charge in [0.25, 0.3) is 0 Å². The number of benzene rings is 1. The third-order valence-corrected chi connectivity index (χ3v) is 2.29. The number of ether oxygens (including phenoxy) is 3. The minimum Gasteiger partial charge on any atom is -0.461 e. The fourth-order valence-corrected chi connectivity index (χ4v) is 1.45. The molecule has 0 spiro atoms. The van der Waals surface area contributed by atoms with E-state index < -0.39 is 16.6 Å². The van der Waals surface area contributed by atoms with Crippen LogP contribution >= 0.6 is 0 Å². The number of rotatable bonds is 3. The molecule has 0 radical (unpaired) electrons. The van der Waals surface area contributed by atoms with Crippen LogP contribution in [0.3, 0.4) is 0 Å². The second-order valence-electron chi connectivity index (χ2n) is 3.39. The van der Waals surface area contributed by atoms with Crippen molar-refractivity contribution in [2.24, 2.45) is 0 Å². The van der Waals surface area contributed by atoms with Crippen molar-refractivity contribution in [1.82, 2.24) is 0 Å². The van der Waals surface area contributed by atoms with Gasteiger partial charge in [0, 0.05) is 6.08 Å². The van der Waals surface area contributed by atoms with Crippen molar-refractivity contribution < 1.29 is 23.9 Å². The van der Waals surface area contributed by atoms with Gasteiger partial charge in [-0.15, -0.1) is 0 Å². The second-order valence-corrected chi connectivity index (χ2v) is 3.39. The molecule has 7 nitrogen and oxygen atoms in total. The summed E-state index contributed by atoms with van der Waals surface area (Å²) in [7, 11) is 1.08. The predicted octanol–water partition coefficient (Wildman–Crippen LogP) is 1.21. The van der Waals surface area contributed by atoms with Gasteiger partial charge in [0.05, 0.1) is 12.0 Å². The molecule has 0 unspecified atom stereocenters. The molecule has 0 aromatic heterocycles. The molecule has 1 heterocycles. The van der Waals surface area contributed by atoms with Gasteiger partial charge in [-0.1, -0.05) is 6.07 Å². The maximum atomic E-state index is 11.2. The molecule has 7 heteroatoms. The van der Waals surface area contributed by atoms with E-state index in [0.29, 0.717) is 17.1 Å². The van der Waals surface area contributed by atoms with Crippen molar-refractivity contribution in [2.75, 3.05) is 13.9 Å². The Kier molecular flexibility index (Phi) is 3.13. The number of esters is 1. The Morgan fingerprint density at radius 1 is 1.44 bits per heavy atom. The number of carbonyl (C=O) groups excluding carboxylic acids is 1. The van der Waals surface area contributed by atoms with Gasteiger partial charge in [0.2, 0.25) is 6.79 Å². The molecule has 18 heavy (non-hydrogen) atoms. The Morgan fingerprint density at radius 2 is 2.17 bits per heavy atom. The molecule has 0 saturated heterocycles. The van der Waals surface area contributed by atoms with Crippen molar-refractivity contribution in [3.63, 3.8) is 0 Å². The highest BCUT2D eigenvalue weighted by molar-refractivity contribution is 5.91. The average molecular weight is 251 g/mol. The molecule has 1 aromatic rings. The summed E-state index contributed by atoms with van der Waals surface area (Å²) in [4.78, 5) is 21.1. The van der Waals surface area contributed by atoms with Crippen LogP contribution in [-0.2, 0) is 9.53 Å². The molecule has 0 fully saturated rings. The lowest BCUT2D eigenvalue weighted by Crippen LogP contribution is -2.12. The highest BCUT2D eigenvalue weighted by Gasteiger charge is 2.23. The fourth-order valence-electron chi connectivity index (χ4n) is 1.45. The molecule has 1 aromatic carbocycles. The Morgan fingerprint density at radius 3 is 2.83 bits per heavy atom. The third-order valence-electron chi connectivity index (χ3n) is 2.29. The molecular formula is C11H9NO6. The number of nitro groups is 1. The van der Waals surface area contributed by atoms with E-state index >= 15 is 0 Å². The van der Waals surface area contributed by atoms with Crippen LogP contribution in [0.1, 0.15) is 5.56 Å². The molecule has 1 aliphatic heterocycles. The SMILES string of the molecule is COC(=O)/C(=C\c1ccc2c(c1)OCO2)[N+](=O)[O-]. The van der Waals surface area contributed by atoms with E-state index in [-0.39, 0.29) is 6.79 Å². The Labute approximate surface area is 102 Å².